The van der Waals surface area contributed by atoms with E-state index < -0.39 is 10.5 Å². The second-order valence-corrected chi connectivity index (χ2v) is 5.86. The second kappa shape index (κ2) is 5.40. The Morgan fingerprint density at radius 1 is 1.50 bits per heavy atom. The number of hydrogen-bond donors (Lipinski definition) is 2. The van der Waals surface area contributed by atoms with Crippen molar-refractivity contribution in [3.63, 3.8) is 0 Å². The van der Waals surface area contributed by atoms with Gasteiger partial charge in [-0.2, -0.15) is 5.10 Å². The Bertz CT molecular complexity index is 504. The van der Waals surface area contributed by atoms with E-state index in [4.69, 9.17) is 0 Å². The summed E-state index contributed by atoms with van der Waals surface area (Å²) < 4.78 is 1.62. The van der Waals surface area contributed by atoms with E-state index in [1.807, 2.05) is 13.8 Å². The third-order valence-electron chi connectivity index (χ3n) is 3.84. The summed E-state index contributed by atoms with van der Waals surface area (Å²) in [5.74, 6) is 0.392. The molecule has 0 aliphatic heterocycles. The molecule has 1 aromatic rings. The van der Waals surface area contributed by atoms with Gasteiger partial charge in [0, 0.05) is 12.6 Å². The lowest BCUT2D eigenvalue weighted by Gasteiger charge is -2.23. The van der Waals surface area contributed by atoms with E-state index in [2.05, 4.69) is 10.4 Å². The third-order valence-corrected chi connectivity index (χ3v) is 3.84. The highest BCUT2D eigenvalue weighted by atomic mass is 16.6. The molecule has 0 amide bonds. The number of anilines is 1. The molecule has 7 heteroatoms. The molecule has 0 spiro atoms. The number of rotatable bonds is 5. The highest BCUT2D eigenvalue weighted by Crippen LogP contribution is 2.33. The van der Waals surface area contributed by atoms with Gasteiger partial charge in [0.25, 0.3) is 0 Å². The van der Waals surface area contributed by atoms with Crippen molar-refractivity contribution in [1.82, 2.24) is 9.78 Å². The fraction of sp³-hybridized carbons (Fsp3) is 0.769. The van der Waals surface area contributed by atoms with Crippen LogP contribution in [0.1, 0.15) is 51.3 Å². The monoisotopic (exact) mass is 282 g/mol. The number of aromatic nitrogens is 2. The summed E-state index contributed by atoms with van der Waals surface area (Å²) in [4.78, 5) is 10.8. The predicted octanol–water partition coefficient (Wildman–Crippen LogP) is 2.40. The van der Waals surface area contributed by atoms with E-state index in [-0.39, 0.29) is 11.7 Å². The van der Waals surface area contributed by atoms with E-state index >= 15 is 0 Å². The van der Waals surface area contributed by atoms with Crippen molar-refractivity contribution in [1.29, 1.82) is 0 Å². The molecule has 2 N–H and O–H groups in total. The molecule has 1 heterocycles. The maximum atomic E-state index is 11.2. The van der Waals surface area contributed by atoms with Gasteiger partial charge >= 0.3 is 5.69 Å². The molecule has 1 aromatic heterocycles. The average molecular weight is 282 g/mol. The van der Waals surface area contributed by atoms with E-state index in [1.54, 1.807) is 11.6 Å². The van der Waals surface area contributed by atoms with Gasteiger partial charge in [-0.15, -0.1) is 0 Å². The second-order valence-electron chi connectivity index (χ2n) is 5.86. The number of aliphatic hydroxyl groups is 1. The zero-order valence-corrected chi connectivity index (χ0v) is 12.2. The molecule has 1 aliphatic rings. The average Bonchev–Trinajstić information content (AvgIpc) is 2.91. The van der Waals surface area contributed by atoms with Crippen LogP contribution in [0.3, 0.4) is 0 Å². The Morgan fingerprint density at radius 2 is 2.10 bits per heavy atom. The van der Waals surface area contributed by atoms with E-state index in [1.165, 1.54) is 0 Å². The van der Waals surface area contributed by atoms with Gasteiger partial charge in [-0.3, -0.25) is 10.1 Å². The van der Waals surface area contributed by atoms with Gasteiger partial charge in [-0.25, -0.2) is 4.68 Å². The highest BCUT2D eigenvalue weighted by molar-refractivity contribution is 5.60. The Hall–Kier alpha value is -1.63. The van der Waals surface area contributed by atoms with Gasteiger partial charge in [0.2, 0.25) is 5.82 Å². The smallest absolute Gasteiger partial charge is 0.333 e. The summed E-state index contributed by atoms with van der Waals surface area (Å²) >= 11 is 0. The Labute approximate surface area is 118 Å². The van der Waals surface area contributed by atoms with Crippen LogP contribution in [0.4, 0.5) is 11.5 Å². The van der Waals surface area contributed by atoms with E-state index in [9.17, 15) is 15.2 Å². The van der Waals surface area contributed by atoms with Crippen molar-refractivity contribution in [3.8, 4) is 0 Å². The van der Waals surface area contributed by atoms with Crippen LogP contribution in [-0.2, 0) is 0 Å². The standard InChI is InChI=1S/C13H22N4O3/c1-9(2)16-12(11(17(19)20)10(3)15-16)14-8-13(18)6-4-5-7-13/h9,14,18H,4-8H2,1-3H3. The van der Waals surface area contributed by atoms with Crippen molar-refractivity contribution >= 4 is 11.5 Å². The molecule has 20 heavy (non-hydrogen) atoms. The van der Waals surface area contributed by atoms with Crippen LogP contribution >= 0.6 is 0 Å². The molecule has 0 atom stereocenters. The largest absolute Gasteiger partial charge is 0.388 e. The molecule has 1 saturated carbocycles. The zero-order chi connectivity index (χ0) is 14.9. The minimum absolute atomic E-state index is 0.000275. The number of nitrogens with one attached hydrogen (secondary N) is 1. The van der Waals surface area contributed by atoms with Crippen LogP contribution in [0.2, 0.25) is 0 Å². The van der Waals surface area contributed by atoms with Crippen LogP contribution in [0.5, 0.6) is 0 Å². The van der Waals surface area contributed by atoms with Crippen LogP contribution in [0.15, 0.2) is 0 Å². The number of hydrogen-bond acceptors (Lipinski definition) is 5. The topological polar surface area (TPSA) is 93.2 Å². The SMILES string of the molecule is Cc1nn(C(C)C)c(NCC2(O)CCCC2)c1[N+](=O)[O-]. The van der Waals surface area contributed by atoms with Gasteiger partial charge in [0.05, 0.1) is 10.5 Å². The summed E-state index contributed by atoms with van der Waals surface area (Å²) in [5, 5.41) is 28.8. The maximum absolute atomic E-state index is 11.2. The fourth-order valence-electron chi connectivity index (χ4n) is 2.75. The highest BCUT2D eigenvalue weighted by Gasteiger charge is 2.33. The molecule has 0 radical (unpaired) electrons. The lowest BCUT2D eigenvalue weighted by atomic mass is 10.0. The molecule has 0 unspecified atom stereocenters. The molecule has 112 valence electrons. The van der Waals surface area contributed by atoms with Crippen molar-refractivity contribution in [2.45, 2.75) is 58.1 Å². The summed E-state index contributed by atoms with van der Waals surface area (Å²) in [5.41, 5.74) is -0.363. The van der Waals surface area contributed by atoms with Crippen LogP contribution < -0.4 is 5.32 Å². The third kappa shape index (κ3) is 2.77. The lowest BCUT2D eigenvalue weighted by Crippen LogP contribution is -2.34. The molecule has 1 aliphatic carbocycles. The summed E-state index contributed by atoms with van der Waals surface area (Å²) in [7, 11) is 0. The van der Waals surface area contributed by atoms with Gasteiger partial charge in [-0.05, 0) is 33.6 Å². The molecule has 0 aromatic carbocycles. The van der Waals surface area contributed by atoms with E-state index in [0.29, 0.717) is 18.1 Å². The number of aryl methyl sites for hydroxylation is 1. The van der Waals surface area contributed by atoms with Gasteiger partial charge in [0.1, 0.15) is 5.69 Å². The quantitative estimate of drug-likeness (QED) is 0.639. The minimum Gasteiger partial charge on any atom is -0.388 e. The fourth-order valence-corrected chi connectivity index (χ4v) is 2.75. The summed E-state index contributed by atoms with van der Waals surface area (Å²) in [6, 6.07) is 0.0168. The van der Waals surface area contributed by atoms with Crippen molar-refractivity contribution in [2.24, 2.45) is 0 Å². The summed E-state index contributed by atoms with van der Waals surface area (Å²) in [6.07, 6.45) is 3.48. The van der Waals surface area contributed by atoms with Crippen molar-refractivity contribution in [2.75, 3.05) is 11.9 Å². The first kappa shape index (κ1) is 14.8. The number of nitrogens with zero attached hydrogens (tertiary/aromatic N) is 3. The van der Waals surface area contributed by atoms with Crippen molar-refractivity contribution in [3.05, 3.63) is 15.8 Å². The van der Waals surface area contributed by atoms with Gasteiger partial charge in [0.15, 0.2) is 0 Å². The predicted molar refractivity (Wildman–Crippen MR) is 75.9 cm³/mol. The van der Waals surface area contributed by atoms with Gasteiger partial charge < -0.3 is 10.4 Å². The first-order valence-electron chi connectivity index (χ1n) is 7.04. The molecular weight excluding hydrogens is 260 g/mol. The Kier molecular flexibility index (Phi) is 3.99. The van der Waals surface area contributed by atoms with Gasteiger partial charge in [-0.1, -0.05) is 12.8 Å². The zero-order valence-electron chi connectivity index (χ0n) is 12.2. The molecular formula is C13H22N4O3. The molecule has 0 saturated heterocycles. The minimum atomic E-state index is -0.756. The van der Waals surface area contributed by atoms with Crippen molar-refractivity contribution < 1.29 is 10.0 Å². The lowest BCUT2D eigenvalue weighted by molar-refractivity contribution is -0.384. The van der Waals surface area contributed by atoms with E-state index in [0.717, 1.165) is 25.7 Å². The molecule has 0 bridgehead atoms. The maximum Gasteiger partial charge on any atom is 0.333 e. The Morgan fingerprint density at radius 3 is 2.60 bits per heavy atom. The number of nitro groups is 1. The molecule has 1 fully saturated rings. The first-order valence-corrected chi connectivity index (χ1v) is 7.04. The van der Waals surface area contributed by atoms with Crippen LogP contribution in [-0.4, -0.2) is 32.0 Å². The molecule has 7 nitrogen and oxygen atoms in total. The molecule has 2 rings (SSSR count). The van der Waals surface area contributed by atoms with Crippen LogP contribution in [0, 0.1) is 17.0 Å². The van der Waals surface area contributed by atoms with Crippen LogP contribution in [0.25, 0.3) is 0 Å². The first-order chi connectivity index (χ1) is 9.34. The summed E-state index contributed by atoms with van der Waals surface area (Å²) in [6.45, 7) is 5.80. The normalized spacial score (nSPS) is 17.6. The Balaban J connectivity index is 2.26.